The second kappa shape index (κ2) is 5.23. The maximum absolute atomic E-state index is 11.4. The van der Waals surface area contributed by atoms with Gasteiger partial charge in [0.15, 0.2) is 5.78 Å². The topological polar surface area (TPSA) is 55.1 Å². The van der Waals surface area contributed by atoms with Gasteiger partial charge in [0.25, 0.3) is 0 Å². The Bertz CT molecular complexity index is 353. The van der Waals surface area contributed by atoms with E-state index in [4.69, 9.17) is 5.73 Å². The van der Waals surface area contributed by atoms with E-state index in [1.807, 2.05) is 12.1 Å². The molecule has 1 aromatic rings. The summed E-state index contributed by atoms with van der Waals surface area (Å²) in [5.41, 5.74) is 7.39. The van der Waals surface area contributed by atoms with E-state index in [2.05, 4.69) is 17.4 Å². The normalized spacial score (nSPS) is 17.3. The van der Waals surface area contributed by atoms with Crippen molar-refractivity contribution in [3.63, 3.8) is 0 Å². The summed E-state index contributed by atoms with van der Waals surface area (Å²) in [4.78, 5) is 11.4. The number of carbonyl (C=O) groups excluding carboxylic acids is 1. The summed E-state index contributed by atoms with van der Waals surface area (Å²) in [6, 6.07) is 7.93. The molecule has 0 atom stereocenters. The minimum absolute atomic E-state index is 0.0110. The highest BCUT2D eigenvalue weighted by molar-refractivity contribution is 5.97. The number of hydrogen-bond acceptors (Lipinski definition) is 3. The van der Waals surface area contributed by atoms with Crippen LogP contribution < -0.4 is 11.1 Å². The second-order valence-corrected chi connectivity index (χ2v) is 4.27. The average Bonchev–Trinajstić information content (AvgIpc) is 2.39. The van der Waals surface area contributed by atoms with Gasteiger partial charge in [-0.05, 0) is 37.4 Å². The first-order chi connectivity index (χ1) is 7.81. The zero-order chi connectivity index (χ0) is 11.4. The van der Waals surface area contributed by atoms with E-state index in [0.29, 0.717) is 5.92 Å². The van der Waals surface area contributed by atoms with E-state index in [-0.39, 0.29) is 12.3 Å². The molecule has 0 aromatic heterocycles. The maximum atomic E-state index is 11.4. The number of nitrogens with one attached hydrogen (secondary N) is 1. The van der Waals surface area contributed by atoms with Gasteiger partial charge in [-0.2, -0.15) is 0 Å². The third-order valence-electron chi connectivity index (χ3n) is 3.23. The molecule has 3 nitrogen and oxygen atoms in total. The molecule has 1 aromatic carbocycles. The molecular formula is C13H18N2O. The average molecular weight is 218 g/mol. The Kier molecular flexibility index (Phi) is 3.70. The summed E-state index contributed by atoms with van der Waals surface area (Å²) in [6.45, 7) is 2.27. The lowest BCUT2D eigenvalue weighted by Crippen LogP contribution is -2.26. The number of benzene rings is 1. The fourth-order valence-electron chi connectivity index (χ4n) is 2.21. The van der Waals surface area contributed by atoms with Gasteiger partial charge in [-0.1, -0.05) is 24.3 Å². The van der Waals surface area contributed by atoms with E-state index >= 15 is 0 Å². The first kappa shape index (κ1) is 11.3. The van der Waals surface area contributed by atoms with Gasteiger partial charge in [0.05, 0.1) is 6.54 Å². The summed E-state index contributed by atoms with van der Waals surface area (Å²) >= 11 is 0. The minimum Gasteiger partial charge on any atom is -0.324 e. The Labute approximate surface area is 96.0 Å². The molecule has 0 amide bonds. The number of rotatable bonds is 3. The number of Topliss-reactive ketones (excluding diaryl/α,β-unsaturated/α-hetero) is 1. The Morgan fingerprint density at radius 3 is 2.44 bits per heavy atom. The van der Waals surface area contributed by atoms with E-state index in [9.17, 15) is 4.79 Å². The van der Waals surface area contributed by atoms with Crippen molar-refractivity contribution in [2.75, 3.05) is 19.6 Å². The molecule has 1 aliphatic heterocycles. The first-order valence-electron chi connectivity index (χ1n) is 5.85. The number of ketones is 1. The smallest absolute Gasteiger partial charge is 0.176 e. The number of carbonyl (C=O) groups is 1. The van der Waals surface area contributed by atoms with Crippen molar-refractivity contribution in [2.45, 2.75) is 18.8 Å². The molecule has 0 spiro atoms. The summed E-state index contributed by atoms with van der Waals surface area (Å²) in [6.07, 6.45) is 2.37. The van der Waals surface area contributed by atoms with Gasteiger partial charge in [0.1, 0.15) is 0 Å². The molecule has 86 valence electrons. The molecule has 0 aliphatic carbocycles. The van der Waals surface area contributed by atoms with Crippen molar-refractivity contribution >= 4 is 5.78 Å². The number of nitrogens with two attached hydrogens (primary N) is 1. The standard InChI is InChI=1S/C13H18N2O/c14-9-13(16)12-3-1-10(2-4-12)11-5-7-15-8-6-11/h1-4,11,15H,5-9,14H2. The predicted octanol–water partition coefficient (Wildman–Crippen LogP) is 1.29. The third kappa shape index (κ3) is 2.49. The van der Waals surface area contributed by atoms with Crippen molar-refractivity contribution in [1.29, 1.82) is 0 Å². The van der Waals surface area contributed by atoms with Crippen molar-refractivity contribution in [3.05, 3.63) is 35.4 Å². The highest BCUT2D eigenvalue weighted by Crippen LogP contribution is 2.25. The van der Waals surface area contributed by atoms with Crippen molar-refractivity contribution < 1.29 is 4.79 Å². The summed E-state index contributed by atoms with van der Waals surface area (Å²) in [7, 11) is 0. The van der Waals surface area contributed by atoms with E-state index in [1.54, 1.807) is 0 Å². The van der Waals surface area contributed by atoms with Gasteiger partial charge < -0.3 is 11.1 Å². The second-order valence-electron chi connectivity index (χ2n) is 4.27. The fourth-order valence-corrected chi connectivity index (χ4v) is 2.21. The Morgan fingerprint density at radius 2 is 1.88 bits per heavy atom. The molecule has 0 saturated carbocycles. The van der Waals surface area contributed by atoms with Crippen LogP contribution in [0.3, 0.4) is 0 Å². The highest BCUT2D eigenvalue weighted by Gasteiger charge is 2.15. The zero-order valence-corrected chi connectivity index (χ0v) is 9.41. The van der Waals surface area contributed by atoms with E-state index in [0.717, 1.165) is 18.7 Å². The van der Waals surface area contributed by atoms with Gasteiger partial charge >= 0.3 is 0 Å². The quantitative estimate of drug-likeness (QED) is 0.752. The highest BCUT2D eigenvalue weighted by atomic mass is 16.1. The molecule has 0 radical (unpaired) electrons. The molecule has 1 fully saturated rings. The SMILES string of the molecule is NCC(=O)c1ccc(C2CCNCC2)cc1. The number of hydrogen-bond donors (Lipinski definition) is 2. The van der Waals surface area contributed by atoms with Gasteiger partial charge in [0.2, 0.25) is 0 Å². The maximum Gasteiger partial charge on any atom is 0.176 e. The van der Waals surface area contributed by atoms with Crippen LogP contribution in [-0.2, 0) is 0 Å². The molecule has 0 bridgehead atoms. The zero-order valence-electron chi connectivity index (χ0n) is 9.41. The molecule has 3 N–H and O–H groups in total. The van der Waals surface area contributed by atoms with Crippen LogP contribution in [-0.4, -0.2) is 25.4 Å². The summed E-state index contributed by atoms with van der Waals surface area (Å²) in [5, 5.41) is 3.35. The molecule has 1 heterocycles. The lowest BCUT2D eigenvalue weighted by atomic mass is 9.89. The van der Waals surface area contributed by atoms with Crippen LogP contribution in [0, 0.1) is 0 Å². The largest absolute Gasteiger partial charge is 0.324 e. The van der Waals surface area contributed by atoms with Crippen LogP contribution in [0.4, 0.5) is 0 Å². The van der Waals surface area contributed by atoms with Crippen LogP contribution in [0.1, 0.15) is 34.7 Å². The molecule has 1 saturated heterocycles. The van der Waals surface area contributed by atoms with Crippen molar-refractivity contribution in [1.82, 2.24) is 5.32 Å². The van der Waals surface area contributed by atoms with Crippen LogP contribution >= 0.6 is 0 Å². The third-order valence-corrected chi connectivity index (χ3v) is 3.23. The molecule has 0 unspecified atom stereocenters. The molecule has 2 rings (SSSR count). The lowest BCUT2D eigenvalue weighted by molar-refractivity contribution is 0.100. The molecule has 16 heavy (non-hydrogen) atoms. The number of piperidine rings is 1. The fraction of sp³-hybridized carbons (Fsp3) is 0.462. The van der Waals surface area contributed by atoms with Crippen LogP contribution in [0.15, 0.2) is 24.3 Å². The van der Waals surface area contributed by atoms with E-state index in [1.165, 1.54) is 18.4 Å². The van der Waals surface area contributed by atoms with Gasteiger partial charge in [-0.15, -0.1) is 0 Å². The van der Waals surface area contributed by atoms with Gasteiger partial charge in [-0.3, -0.25) is 4.79 Å². The summed E-state index contributed by atoms with van der Waals surface area (Å²) < 4.78 is 0. The molecular weight excluding hydrogens is 200 g/mol. The van der Waals surface area contributed by atoms with E-state index < -0.39 is 0 Å². The Hall–Kier alpha value is -1.19. The Morgan fingerprint density at radius 1 is 1.25 bits per heavy atom. The van der Waals surface area contributed by atoms with Crippen molar-refractivity contribution in [2.24, 2.45) is 5.73 Å². The summed E-state index contributed by atoms with van der Waals surface area (Å²) in [5.74, 6) is 0.653. The Balaban J connectivity index is 2.09. The van der Waals surface area contributed by atoms with Crippen LogP contribution in [0.5, 0.6) is 0 Å². The van der Waals surface area contributed by atoms with Gasteiger partial charge in [-0.25, -0.2) is 0 Å². The van der Waals surface area contributed by atoms with Crippen LogP contribution in [0.2, 0.25) is 0 Å². The predicted molar refractivity (Wildman–Crippen MR) is 64.7 cm³/mol. The van der Waals surface area contributed by atoms with Crippen molar-refractivity contribution in [3.8, 4) is 0 Å². The molecule has 1 aliphatic rings. The lowest BCUT2D eigenvalue weighted by Gasteiger charge is -2.23. The minimum atomic E-state index is 0.0110. The van der Waals surface area contributed by atoms with Gasteiger partial charge in [0, 0.05) is 5.56 Å². The first-order valence-corrected chi connectivity index (χ1v) is 5.85. The van der Waals surface area contributed by atoms with Crippen LogP contribution in [0.25, 0.3) is 0 Å². The molecule has 3 heteroatoms. The monoisotopic (exact) mass is 218 g/mol.